The number of para-hydroxylation sites is 1. The third kappa shape index (κ3) is 3.61. The maximum absolute atomic E-state index is 5.91. The van der Waals surface area contributed by atoms with E-state index in [1.807, 2.05) is 18.2 Å². The topological polar surface area (TPSA) is 38.0 Å². The van der Waals surface area contributed by atoms with E-state index in [1.165, 1.54) is 11.1 Å². The Hall–Kier alpha value is -1.80. The van der Waals surface area contributed by atoms with Gasteiger partial charge >= 0.3 is 0 Å². The van der Waals surface area contributed by atoms with Crippen molar-refractivity contribution in [1.29, 1.82) is 0 Å². The van der Waals surface area contributed by atoms with Gasteiger partial charge in [0.05, 0.1) is 6.04 Å². The highest BCUT2D eigenvalue weighted by Gasteiger charge is 2.15. The van der Waals surface area contributed by atoms with Gasteiger partial charge < -0.3 is 11.1 Å². The van der Waals surface area contributed by atoms with Crippen molar-refractivity contribution in [1.82, 2.24) is 0 Å². The van der Waals surface area contributed by atoms with Gasteiger partial charge in [0.1, 0.15) is 0 Å². The summed E-state index contributed by atoms with van der Waals surface area (Å²) < 4.78 is 0. The van der Waals surface area contributed by atoms with Crippen molar-refractivity contribution in [3.8, 4) is 0 Å². The monoisotopic (exact) mass is 268 g/mol. The molecule has 0 fully saturated rings. The molecule has 2 aromatic rings. The molecule has 0 aliphatic heterocycles. The summed E-state index contributed by atoms with van der Waals surface area (Å²) in [6, 6.07) is 19.1. The van der Waals surface area contributed by atoms with Gasteiger partial charge in [-0.2, -0.15) is 0 Å². The van der Waals surface area contributed by atoms with Gasteiger partial charge in [0.15, 0.2) is 0 Å². The number of hydrogen-bond donors (Lipinski definition) is 2. The first-order chi connectivity index (χ1) is 9.50. The normalized spacial score (nSPS) is 13.0. The Bertz CT molecular complexity index is 524. The lowest BCUT2D eigenvalue weighted by molar-refractivity contribution is 0.589. The molecule has 2 rings (SSSR count). The van der Waals surface area contributed by atoms with Gasteiger partial charge in [-0.3, -0.25) is 0 Å². The second kappa shape index (κ2) is 6.10. The van der Waals surface area contributed by atoms with Crippen molar-refractivity contribution in [2.45, 2.75) is 32.2 Å². The number of anilines is 1. The largest absolute Gasteiger partial charge is 0.377 e. The van der Waals surface area contributed by atoms with Crippen LogP contribution in [0.5, 0.6) is 0 Å². The Labute approximate surface area is 122 Å². The molecule has 2 aromatic carbocycles. The van der Waals surface area contributed by atoms with E-state index in [4.69, 9.17) is 5.73 Å². The Morgan fingerprint density at radius 2 is 1.55 bits per heavy atom. The lowest BCUT2D eigenvalue weighted by Gasteiger charge is -2.22. The van der Waals surface area contributed by atoms with Crippen LogP contribution >= 0.6 is 0 Å². The smallest absolute Gasteiger partial charge is 0.0636 e. The minimum atomic E-state index is 0.145. The standard InChI is InChI=1S/C18H24N2/c1-18(2,3)15-11-9-14(10-12-15)17(13-19)20-16-7-5-4-6-8-16/h4-12,17,20H,13,19H2,1-3H3. The zero-order valence-electron chi connectivity index (χ0n) is 12.6. The summed E-state index contributed by atoms with van der Waals surface area (Å²) in [7, 11) is 0. The van der Waals surface area contributed by atoms with Crippen LogP contribution in [0.2, 0.25) is 0 Å². The molecule has 1 unspecified atom stereocenters. The zero-order valence-corrected chi connectivity index (χ0v) is 12.6. The molecule has 3 N–H and O–H groups in total. The summed E-state index contributed by atoms with van der Waals surface area (Å²) in [5.74, 6) is 0. The summed E-state index contributed by atoms with van der Waals surface area (Å²) in [5, 5.41) is 3.48. The molecule has 2 nitrogen and oxygen atoms in total. The molecule has 0 aliphatic carbocycles. The predicted molar refractivity (Wildman–Crippen MR) is 87.0 cm³/mol. The maximum Gasteiger partial charge on any atom is 0.0636 e. The summed E-state index contributed by atoms with van der Waals surface area (Å²) in [6.07, 6.45) is 0. The Morgan fingerprint density at radius 1 is 0.950 bits per heavy atom. The summed E-state index contributed by atoms with van der Waals surface area (Å²) in [4.78, 5) is 0. The fourth-order valence-electron chi connectivity index (χ4n) is 2.23. The molecule has 20 heavy (non-hydrogen) atoms. The van der Waals surface area contributed by atoms with Crippen LogP contribution in [0, 0.1) is 0 Å². The predicted octanol–water partition coefficient (Wildman–Crippen LogP) is 4.10. The first-order valence-corrected chi connectivity index (χ1v) is 7.13. The lowest BCUT2D eigenvalue weighted by Crippen LogP contribution is -2.21. The SMILES string of the molecule is CC(C)(C)c1ccc(C(CN)Nc2ccccc2)cc1. The molecule has 0 amide bonds. The first kappa shape index (κ1) is 14.6. The van der Waals surface area contributed by atoms with Crippen LogP contribution in [-0.2, 0) is 5.41 Å². The summed E-state index contributed by atoms with van der Waals surface area (Å²) in [6.45, 7) is 7.25. The average Bonchev–Trinajstić information content (AvgIpc) is 2.45. The van der Waals surface area contributed by atoms with Crippen LogP contribution in [0.15, 0.2) is 54.6 Å². The molecular formula is C18H24N2. The van der Waals surface area contributed by atoms with Crippen LogP contribution < -0.4 is 11.1 Å². The van der Waals surface area contributed by atoms with Crippen molar-refractivity contribution < 1.29 is 0 Å². The van der Waals surface area contributed by atoms with Crippen molar-refractivity contribution in [2.24, 2.45) is 5.73 Å². The fraction of sp³-hybridized carbons (Fsp3) is 0.333. The molecule has 0 spiro atoms. The number of hydrogen-bond acceptors (Lipinski definition) is 2. The van der Waals surface area contributed by atoms with Crippen molar-refractivity contribution in [3.05, 3.63) is 65.7 Å². The highest BCUT2D eigenvalue weighted by molar-refractivity contribution is 5.45. The molecule has 0 bridgehead atoms. The Balaban J connectivity index is 2.16. The molecule has 0 radical (unpaired) electrons. The molecule has 0 saturated carbocycles. The average molecular weight is 268 g/mol. The maximum atomic E-state index is 5.91. The fourth-order valence-corrected chi connectivity index (χ4v) is 2.23. The number of benzene rings is 2. The van der Waals surface area contributed by atoms with E-state index in [0.29, 0.717) is 6.54 Å². The first-order valence-electron chi connectivity index (χ1n) is 7.13. The van der Waals surface area contributed by atoms with Crippen molar-refractivity contribution >= 4 is 5.69 Å². The minimum absolute atomic E-state index is 0.145. The van der Waals surface area contributed by atoms with Crippen LogP contribution in [0.1, 0.15) is 37.9 Å². The number of nitrogens with one attached hydrogen (secondary N) is 1. The summed E-state index contributed by atoms with van der Waals surface area (Å²) in [5.41, 5.74) is 9.77. The minimum Gasteiger partial charge on any atom is -0.377 e. The van der Waals surface area contributed by atoms with Gasteiger partial charge in [0.2, 0.25) is 0 Å². The third-order valence-electron chi connectivity index (χ3n) is 3.53. The van der Waals surface area contributed by atoms with Crippen LogP contribution in [0.25, 0.3) is 0 Å². The lowest BCUT2D eigenvalue weighted by atomic mass is 9.86. The molecule has 1 atom stereocenters. The van der Waals surface area contributed by atoms with Gasteiger partial charge in [0.25, 0.3) is 0 Å². The van der Waals surface area contributed by atoms with E-state index in [2.05, 4.69) is 62.5 Å². The second-order valence-electron chi connectivity index (χ2n) is 6.17. The van der Waals surface area contributed by atoms with Gasteiger partial charge in [-0.1, -0.05) is 63.2 Å². The van der Waals surface area contributed by atoms with Gasteiger partial charge in [-0.15, -0.1) is 0 Å². The van der Waals surface area contributed by atoms with Gasteiger partial charge in [-0.25, -0.2) is 0 Å². The number of nitrogens with two attached hydrogens (primary N) is 1. The quantitative estimate of drug-likeness (QED) is 0.876. The van der Waals surface area contributed by atoms with Gasteiger partial charge in [0, 0.05) is 12.2 Å². The molecule has 0 aromatic heterocycles. The zero-order chi connectivity index (χ0) is 14.6. The molecule has 0 saturated heterocycles. The second-order valence-corrected chi connectivity index (χ2v) is 6.17. The Morgan fingerprint density at radius 3 is 2.05 bits per heavy atom. The van der Waals surface area contributed by atoms with E-state index in [1.54, 1.807) is 0 Å². The van der Waals surface area contributed by atoms with Crippen LogP contribution in [0.3, 0.4) is 0 Å². The summed E-state index contributed by atoms with van der Waals surface area (Å²) >= 11 is 0. The van der Waals surface area contributed by atoms with E-state index in [9.17, 15) is 0 Å². The van der Waals surface area contributed by atoms with Crippen molar-refractivity contribution in [2.75, 3.05) is 11.9 Å². The number of rotatable bonds is 4. The molecule has 106 valence electrons. The molecule has 0 heterocycles. The highest BCUT2D eigenvalue weighted by Crippen LogP contribution is 2.25. The molecular weight excluding hydrogens is 244 g/mol. The van der Waals surface area contributed by atoms with E-state index in [-0.39, 0.29) is 11.5 Å². The van der Waals surface area contributed by atoms with Gasteiger partial charge in [-0.05, 0) is 28.7 Å². The van der Waals surface area contributed by atoms with Crippen LogP contribution in [-0.4, -0.2) is 6.54 Å². The van der Waals surface area contributed by atoms with E-state index < -0.39 is 0 Å². The van der Waals surface area contributed by atoms with E-state index >= 15 is 0 Å². The van der Waals surface area contributed by atoms with E-state index in [0.717, 1.165) is 5.69 Å². The Kier molecular flexibility index (Phi) is 4.46. The highest BCUT2D eigenvalue weighted by atomic mass is 14.9. The molecule has 2 heteroatoms. The third-order valence-corrected chi connectivity index (χ3v) is 3.53. The molecule has 0 aliphatic rings. The van der Waals surface area contributed by atoms with Crippen molar-refractivity contribution in [3.63, 3.8) is 0 Å². The van der Waals surface area contributed by atoms with Crippen LogP contribution in [0.4, 0.5) is 5.69 Å².